The van der Waals surface area contributed by atoms with Crippen LogP contribution in [-0.4, -0.2) is 6.61 Å². The van der Waals surface area contributed by atoms with Gasteiger partial charge in [0.2, 0.25) is 0 Å². The molecule has 1 N–H and O–H groups in total. The summed E-state index contributed by atoms with van der Waals surface area (Å²) in [6, 6.07) is 14.3. The van der Waals surface area contributed by atoms with Crippen molar-refractivity contribution >= 4 is 5.69 Å². The summed E-state index contributed by atoms with van der Waals surface area (Å²) < 4.78 is 19.3. The van der Waals surface area contributed by atoms with Crippen LogP contribution in [0.5, 0.6) is 5.75 Å². The van der Waals surface area contributed by atoms with Crippen molar-refractivity contribution < 1.29 is 9.13 Å². The zero-order chi connectivity index (χ0) is 11.7. The number of hydrogen-bond donors (Lipinski definition) is 1. The number of benzene rings is 2. The molecular weight excluding hydrogens is 217 g/mol. The highest BCUT2D eigenvalue weighted by Gasteiger charge is 2.21. The molecule has 2 aromatic carbocycles. The summed E-state index contributed by atoms with van der Waals surface area (Å²) in [7, 11) is 0. The third kappa shape index (κ3) is 1.84. The predicted molar refractivity (Wildman–Crippen MR) is 64.7 cm³/mol. The number of ether oxygens (including phenoxy) is 1. The molecule has 17 heavy (non-hydrogen) atoms. The van der Waals surface area contributed by atoms with Crippen LogP contribution >= 0.6 is 0 Å². The summed E-state index contributed by atoms with van der Waals surface area (Å²) in [5.41, 5.74) is 1.55. The van der Waals surface area contributed by atoms with Gasteiger partial charge in [-0.1, -0.05) is 30.3 Å². The first-order chi connectivity index (χ1) is 8.34. The van der Waals surface area contributed by atoms with E-state index in [1.807, 2.05) is 30.3 Å². The Morgan fingerprint density at radius 2 is 1.82 bits per heavy atom. The lowest BCUT2D eigenvalue weighted by atomic mass is 10.1. The quantitative estimate of drug-likeness (QED) is 0.809. The highest BCUT2D eigenvalue weighted by Crippen LogP contribution is 2.33. The average Bonchev–Trinajstić information content (AvgIpc) is 2.39. The Bertz CT molecular complexity index is 541. The Labute approximate surface area is 99.0 Å². The third-order valence-corrected chi connectivity index (χ3v) is 2.90. The number of hydrogen-bond acceptors (Lipinski definition) is 2. The van der Waals surface area contributed by atoms with E-state index in [1.54, 1.807) is 12.1 Å². The average molecular weight is 229 g/mol. The zero-order valence-corrected chi connectivity index (χ0v) is 9.19. The van der Waals surface area contributed by atoms with Gasteiger partial charge in [-0.25, -0.2) is 4.39 Å². The maximum atomic E-state index is 13.7. The molecule has 2 aromatic rings. The first kappa shape index (κ1) is 10.1. The van der Waals surface area contributed by atoms with Gasteiger partial charge < -0.3 is 10.1 Å². The van der Waals surface area contributed by atoms with Crippen LogP contribution in [0.25, 0.3) is 0 Å². The number of nitrogens with one attached hydrogen (secondary N) is 1. The van der Waals surface area contributed by atoms with Gasteiger partial charge in [0.25, 0.3) is 0 Å². The Balaban J connectivity index is 1.92. The van der Waals surface area contributed by atoms with E-state index in [4.69, 9.17) is 4.74 Å². The van der Waals surface area contributed by atoms with Gasteiger partial charge in [-0.2, -0.15) is 0 Å². The molecule has 0 spiro atoms. The van der Waals surface area contributed by atoms with Crippen molar-refractivity contribution in [2.45, 2.75) is 6.04 Å². The molecule has 1 aliphatic heterocycles. The van der Waals surface area contributed by atoms with Crippen molar-refractivity contribution in [1.29, 1.82) is 0 Å². The van der Waals surface area contributed by atoms with Crippen molar-refractivity contribution in [3.63, 3.8) is 0 Å². The minimum atomic E-state index is -0.201. The number of anilines is 1. The monoisotopic (exact) mass is 229 g/mol. The summed E-state index contributed by atoms with van der Waals surface area (Å²) >= 11 is 0. The highest BCUT2D eigenvalue weighted by atomic mass is 19.1. The number of fused-ring (bicyclic) bond motifs is 1. The fraction of sp³-hybridized carbons (Fsp3) is 0.143. The maximum absolute atomic E-state index is 13.7. The van der Waals surface area contributed by atoms with E-state index in [2.05, 4.69) is 5.32 Å². The van der Waals surface area contributed by atoms with Gasteiger partial charge in [-0.05, 0) is 18.2 Å². The summed E-state index contributed by atoms with van der Waals surface area (Å²) in [5.74, 6) is 0.619. The number of halogens is 1. The van der Waals surface area contributed by atoms with Crippen LogP contribution in [0.15, 0.2) is 48.5 Å². The molecule has 0 unspecified atom stereocenters. The van der Waals surface area contributed by atoms with Gasteiger partial charge >= 0.3 is 0 Å². The van der Waals surface area contributed by atoms with Crippen LogP contribution in [-0.2, 0) is 0 Å². The van der Waals surface area contributed by atoms with E-state index in [0.717, 1.165) is 11.4 Å². The Hall–Kier alpha value is -2.03. The molecule has 0 saturated heterocycles. The second-order valence-corrected chi connectivity index (χ2v) is 4.03. The largest absolute Gasteiger partial charge is 0.489 e. The van der Waals surface area contributed by atoms with E-state index < -0.39 is 0 Å². The summed E-state index contributed by atoms with van der Waals surface area (Å²) in [6.45, 7) is 0.442. The van der Waals surface area contributed by atoms with Crippen molar-refractivity contribution in [2.75, 3.05) is 11.9 Å². The minimum Gasteiger partial charge on any atom is -0.489 e. The molecule has 1 heterocycles. The van der Waals surface area contributed by atoms with Crippen LogP contribution < -0.4 is 10.1 Å². The van der Waals surface area contributed by atoms with Crippen molar-refractivity contribution in [3.8, 4) is 5.75 Å². The smallest absolute Gasteiger partial charge is 0.142 e. The molecule has 2 nitrogen and oxygen atoms in total. The molecular formula is C14H12FNO. The lowest BCUT2D eigenvalue weighted by Gasteiger charge is -2.27. The summed E-state index contributed by atoms with van der Waals surface area (Å²) in [6.07, 6.45) is 0. The molecule has 0 aliphatic carbocycles. The van der Waals surface area contributed by atoms with Gasteiger partial charge in [-0.15, -0.1) is 0 Å². The molecule has 0 bridgehead atoms. The van der Waals surface area contributed by atoms with E-state index in [0.29, 0.717) is 12.2 Å². The third-order valence-electron chi connectivity index (χ3n) is 2.90. The Kier molecular flexibility index (Phi) is 2.44. The van der Waals surface area contributed by atoms with Crippen molar-refractivity contribution in [2.24, 2.45) is 0 Å². The predicted octanol–water partition coefficient (Wildman–Crippen LogP) is 3.37. The van der Waals surface area contributed by atoms with Crippen molar-refractivity contribution in [1.82, 2.24) is 0 Å². The molecule has 0 amide bonds. The zero-order valence-electron chi connectivity index (χ0n) is 9.19. The minimum absolute atomic E-state index is 0.133. The lowest BCUT2D eigenvalue weighted by molar-refractivity contribution is 0.284. The van der Waals surface area contributed by atoms with Crippen LogP contribution in [0.3, 0.4) is 0 Å². The molecule has 0 fully saturated rings. The van der Waals surface area contributed by atoms with E-state index >= 15 is 0 Å². The van der Waals surface area contributed by atoms with Crippen LogP contribution in [0.2, 0.25) is 0 Å². The Morgan fingerprint density at radius 3 is 2.71 bits per heavy atom. The molecule has 1 atom stereocenters. The molecule has 3 heteroatoms. The van der Waals surface area contributed by atoms with Crippen LogP contribution in [0, 0.1) is 5.82 Å². The molecule has 3 rings (SSSR count). The summed E-state index contributed by atoms with van der Waals surface area (Å²) in [4.78, 5) is 0. The van der Waals surface area contributed by atoms with Gasteiger partial charge in [0.15, 0.2) is 0 Å². The van der Waals surface area contributed by atoms with Gasteiger partial charge in [0.1, 0.15) is 18.2 Å². The van der Waals surface area contributed by atoms with Gasteiger partial charge in [-0.3, -0.25) is 0 Å². The Morgan fingerprint density at radius 1 is 1.06 bits per heavy atom. The SMILES string of the molecule is Fc1ccccc1[C@H]1COc2ccccc2N1. The molecule has 1 aliphatic rings. The van der Waals surface area contributed by atoms with E-state index in [1.165, 1.54) is 6.07 Å². The topological polar surface area (TPSA) is 21.3 Å². The maximum Gasteiger partial charge on any atom is 0.142 e. The standard InChI is InChI=1S/C14H12FNO/c15-11-6-2-1-5-10(11)13-9-17-14-8-4-3-7-12(14)16-13/h1-8,13,16H,9H2/t13-/m1/s1. The van der Waals surface area contributed by atoms with Crippen LogP contribution in [0.1, 0.15) is 11.6 Å². The highest BCUT2D eigenvalue weighted by molar-refractivity contribution is 5.59. The molecule has 0 saturated carbocycles. The number of para-hydroxylation sites is 2. The number of rotatable bonds is 1. The lowest BCUT2D eigenvalue weighted by Crippen LogP contribution is -2.24. The first-order valence-corrected chi connectivity index (χ1v) is 5.57. The molecule has 86 valence electrons. The first-order valence-electron chi connectivity index (χ1n) is 5.57. The molecule has 0 aromatic heterocycles. The normalized spacial score (nSPS) is 17.8. The fourth-order valence-electron chi connectivity index (χ4n) is 2.04. The fourth-order valence-corrected chi connectivity index (χ4v) is 2.04. The van der Waals surface area contributed by atoms with E-state index in [-0.39, 0.29) is 11.9 Å². The van der Waals surface area contributed by atoms with E-state index in [9.17, 15) is 4.39 Å². The second-order valence-electron chi connectivity index (χ2n) is 4.03. The molecule has 0 radical (unpaired) electrons. The second kappa shape index (κ2) is 4.09. The van der Waals surface area contributed by atoms with Crippen molar-refractivity contribution in [3.05, 3.63) is 59.9 Å². The van der Waals surface area contributed by atoms with Crippen LogP contribution in [0.4, 0.5) is 10.1 Å². The van der Waals surface area contributed by atoms with Gasteiger partial charge in [0, 0.05) is 5.56 Å². The summed E-state index contributed by atoms with van der Waals surface area (Å²) in [5, 5.41) is 3.29. The van der Waals surface area contributed by atoms with Gasteiger partial charge in [0.05, 0.1) is 11.7 Å².